The van der Waals surface area contributed by atoms with Gasteiger partial charge in [-0.15, -0.1) is 0 Å². The molecule has 0 saturated carbocycles. The van der Waals surface area contributed by atoms with Crippen molar-refractivity contribution in [2.45, 2.75) is 57.9 Å². The van der Waals surface area contributed by atoms with E-state index in [1.54, 1.807) is 48.5 Å². The van der Waals surface area contributed by atoms with Gasteiger partial charge in [-0.3, -0.25) is 24.8 Å². The molecule has 5 aromatic rings. The molecule has 0 bridgehead atoms. The van der Waals surface area contributed by atoms with Gasteiger partial charge in [0.2, 0.25) is 5.91 Å². The second-order valence-corrected chi connectivity index (χ2v) is 15.6. The predicted octanol–water partition coefficient (Wildman–Crippen LogP) is 8.51. The van der Waals surface area contributed by atoms with Crippen LogP contribution in [0.4, 0.5) is 14.9 Å². The number of methoxy groups -OCH3 is 2. The third-order valence-electron chi connectivity index (χ3n) is 10.8. The summed E-state index contributed by atoms with van der Waals surface area (Å²) in [5, 5.41) is 5.82. The number of rotatable bonds is 20. The lowest BCUT2D eigenvalue weighted by Crippen LogP contribution is -2.49. The van der Waals surface area contributed by atoms with E-state index in [1.165, 1.54) is 13.2 Å². The number of carbonyl (C=O) groups excluding carboxylic acids is 3. The molecular weight excluding hydrogens is 827 g/mol. The van der Waals surface area contributed by atoms with Crippen molar-refractivity contribution in [2.24, 2.45) is 4.99 Å². The maximum Gasteiger partial charge on any atom is 0.328 e. The topological polar surface area (TPSA) is 154 Å². The van der Waals surface area contributed by atoms with E-state index in [0.717, 1.165) is 66.7 Å². The highest BCUT2D eigenvalue weighted by atomic mass is 35.5. The first kappa shape index (κ1) is 44.7. The van der Waals surface area contributed by atoms with Gasteiger partial charge in [-0.25, -0.2) is 19.2 Å². The molecule has 0 radical (unpaired) electrons. The predicted molar refractivity (Wildman–Crippen MR) is 239 cm³/mol. The Bertz CT molecular complexity index is 2470. The first-order chi connectivity index (χ1) is 30.7. The van der Waals surface area contributed by atoms with Crippen LogP contribution in [0.3, 0.4) is 0 Å². The first-order valence-electron chi connectivity index (χ1n) is 21.1. The van der Waals surface area contributed by atoms with Crippen molar-refractivity contribution in [2.75, 3.05) is 52.0 Å². The highest BCUT2D eigenvalue weighted by Crippen LogP contribution is 2.36. The number of halogens is 2. The van der Waals surface area contributed by atoms with Crippen molar-refractivity contribution in [3.63, 3.8) is 0 Å². The number of fused-ring (bicyclic) bond motifs is 3. The van der Waals surface area contributed by atoms with Crippen molar-refractivity contribution in [3.8, 4) is 28.5 Å². The molecule has 63 heavy (non-hydrogen) atoms. The van der Waals surface area contributed by atoms with Gasteiger partial charge < -0.3 is 24.3 Å². The van der Waals surface area contributed by atoms with Gasteiger partial charge in [-0.2, -0.15) is 0 Å². The summed E-state index contributed by atoms with van der Waals surface area (Å²) in [7, 11) is 3.04. The molecule has 1 aromatic heterocycles. The van der Waals surface area contributed by atoms with E-state index in [4.69, 9.17) is 40.5 Å². The Morgan fingerprint density at radius 2 is 1.65 bits per heavy atom. The van der Waals surface area contributed by atoms with Crippen molar-refractivity contribution in [1.29, 1.82) is 0 Å². The standard InChI is InChI=1S/C48H50ClFN6O7/c1-60-40-11-9-10-39(50)44(40)46-38-28-33(49)13-19-36(38)45-32(30-53-46)29-52-42(54-45)27-31-12-18-37(41(26-31)61-2)47(58)51-21-5-3-6-23-62-24-7-4-8-25-63-35-16-14-34(15-17-35)56-22-20-43(57)55-48(56)59/h9-19,26,28-29H,3-8,20-25,27,30H2,1-2H3,(H,51,58)(H,55,57,59). The van der Waals surface area contributed by atoms with Gasteiger partial charge in [0, 0.05) is 72.7 Å². The second kappa shape index (κ2) is 21.6. The second-order valence-electron chi connectivity index (χ2n) is 15.1. The third kappa shape index (κ3) is 11.4. The van der Waals surface area contributed by atoms with Crippen LogP contribution in [0, 0.1) is 5.82 Å². The minimum absolute atomic E-state index is 0.209. The van der Waals surface area contributed by atoms with Crippen LogP contribution in [0.25, 0.3) is 11.3 Å². The van der Waals surface area contributed by atoms with Crippen LogP contribution >= 0.6 is 11.6 Å². The lowest BCUT2D eigenvalue weighted by molar-refractivity contribution is -0.120. The van der Waals surface area contributed by atoms with E-state index in [0.29, 0.717) is 84.2 Å². The van der Waals surface area contributed by atoms with Gasteiger partial charge >= 0.3 is 6.03 Å². The van der Waals surface area contributed by atoms with Crippen LogP contribution in [0.5, 0.6) is 17.2 Å². The third-order valence-corrected chi connectivity index (χ3v) is 11.0. The van der Waals surface area contributed by atoms with Crippen LogP contribution in [0.2, 0.25) is 5.02 Å². The molecule has 2 N–H and O–H groups in total. The summed E-state index contributed by atoms with van der Waals surface area (Å²) in [6.45, 7) is 3.07. The van der Waals surface area contributed by atoms with Crippen LogP contribution in [-0.4, -0.2) is 80.7 Å². The smallest absolute Gasteiger partial charge is 0.328 e. The molecule has 0 unspecified atom stereocenters. The minimum Gasteiger partial charge on any atom is -0.496 e. The van der Waals surface area contributed by atoms with Gasteiger partial charge in [0.25, 0.3) is 5.91 Å². The Kier molecular flexibility index (Phi) is 15.3. The number of imide groups is 1. The van der Waals surface area contributed by atoms with Crippen LogP contribution in [0.15, 0.2) is 90.1 Å². The van der Waals surface area contributed by atoms with Gasteiger partial charge in [0.1, 0.15) is 28.9 Å². The number of aliphatic imine (C=N–C) groups is 1. The molecule has 0 aliphatic carbocycles. The van der Waals surface area contributed by atoms with Crippen LogP contribution in [-0.2, 0) is 22.5 Å². The number of amides is 4. The maximum atomic E-state index is 15.3. The molecule has 1 saturated heterocycles. The molecule has 4 amide bonds. The SMILES string of the molecule is COc1cc(Cc2ncc3c(n2)-c2ccc(Cl)cc2C(c2c(F)cccc2OC)=NC3)ccc1C(=O)NCCCCCOCCCCCOc1ccc(N2CCC(=O)NC2=O)cc1. The number of nitrogens with zero attached hydrogens (tertiary/aromatic N) is 4. The van der Waals surface area contributed by atoms with Crippen molar-refractivity contribution in [3.05, 3.63) is 130 Å². The number of benzene rings is 4. The fourth-order valence-electron chi connectivity index (χ4n) is 7.49. The van der Waals surface area contributed by atoms with Gasteiger partial charge in [-0.05, 0) is 105 Å². The lowest BCUT2D eigenvalue weighted by Gasteiger charge is -2.26. The molecule has 0 spiro atoms. The number of nitrogens with one attached hydrogen (secondary N) is 2. The number of hydrogen-bond donors (Lipinski definition) is 2. The summed E-state index contributed by atoms with van der Waals surface area (Å²) >= 11 is 6.46. The van der Waals surface area contributed by atoms with Crippen LogP contribution in [0.1, 0.15) is 83.4 Å². The summed E-state index contributed by atoms with van der Waals surface area (Å²) in [5.74, 6) is 1.19. The zero-order valence-electron chi connectivity index (χ0n) is 35.4. The zero-order valence-corrected chi connectivity index (χ0v) is 36.1. The largest absolute Gasteiger partial charge is 0.496 e. The molecule has 7 rings (SSSR count). The Balaban J connectivity index is 0.814. The van der Waals surface area contributed by atoms with Crippen molar-refractivity contribution >= 4 is 40.8 Å². The van der Waals surface area contributed by atoms with E-state index < -0.39 is 11.8 Å². The fraction of sp³-hybridized carbons (Fsp3) is 0.333. The van der Waals surface area contributed by atoms with E-state index in [9.17, 15) is 14.4 Å². The number of unbranched alkanes of at least 4 members (excludes halogenated alkanes) is 4. The van der Waals surface area contributed by atoms with E-state index >= 15 is 4.39 Å². The fourth-order valence-corrected chi connectivity index (χ4v) is 7.66. The normalized spacial score (nSPS) is 13.3. The van der Waals surface area contributed by atoms with Gasteiger partial charge in [-0.1, -0.05) is 29.8 Å². The lowest BCUT2D eigenvalue weighted by atomic mass is 9.94. The number of carbonyl (C=O) groups is 3. The van der Waals surface area contributed by atoms with E-state index in [2.05, 4.69) is 15.6 Å². The van der Waals surface area contributed by atoms with Gasteiger partial charge in [0.15, 0.2) is 0 Å². The quantitative estimate of drug-likeness (QED) is 0.0733. The molecule has 2 aliphatic heterocycles. The Morgan fingerprint density at radius 3 is 2.43 bits per heavy atom. The molecule has 3 heterocycles. The highest BCUT2D eigenvalue weighted by Gasteiger charge is 2.26. The minimum atomic E-state index is -0.456. The number of urea groups is 1. The highest BCUT2D eigenvalue weighted by molar-refractivity contribution is 6.31. The van der Waals surface area contributed by atoms with Gasteiger partial charge in [0.05, 0.1) is 49.9 Å². The zero-order chi connectivity index (χ0) is 44.1. The Morgan fingerprint density at radius 1 is 0.873 bits per heavy atom. The summed E-state index contributed by atoms with van der Waals surface area (Å²) in [5.41, 5.74) is 5.57. The monoisotopic (exact) mass is 876 g/mol. The van der Waals surface area contributed by atoms with E-state index in [1.807, 2.05) is 42.5 Å². The van der Waals surface area contributed by atoms with Crippen LogP contribution < -0.4 is 29.7 Å². The number of aromatic nitrogens is 2. The molecule has 15 heteroatoms. The molecule has 0 atom stereocenters. The molecule has 4 aromatic carbocycles. The first-order valence-corrected chi connectivity index (χ1v) is 21.5. The average Bonchev–Trinajstić information content (AvgIpc) is 3.44. The summed E-state index contributed by atoms with van der Waals surface area (Å²) in [6, 6.07) is 22.4. The maximum absolute atomic E-state index is 15.3. The average molecular weight is 877 g/mol. The molecule has 2 aliphatic rings. The summed E-state index contributed by atoms with van der Waals surface area (Å²) in [6.07, 6.45) is 7.89. The molecule has 1 fully saturated rings. The number of ether oxygens (including phenoxy) is 4. The van der Waals surface area contributed by atoms with E-state index in [-0.39, 0.29) is 30.3 Å². The Hall–Kier alpha value is -6.38. The number of anilines is 1. The summed E-state index contributed by atoms with van der Waals surface area (Å²) in [4.78, 5) is 52.5. The molecular formula is C48H50ClFN6O7. The molecule has 328 valence electrons. The van der Waals surface area contributed by atoms with Crippen molar-refractivity contribution < 1.29 is 37.7 Å². The number of hydrogen-bond acceptors (Lipinski definition) is 10. The molecule has 13 nitrogen and oxygen atoms in total. The van der Waals surface area contributed by atoms with Crippen molar-refractivity contribution in [1.82, 2.24) is 20.6 Å². The Labute approximate surface area is 371 Å². The summed E-state index contributed by atoms with van der Waals surface area (Å²) < 4.78 is 38.1.